The summed E-state index contributed by atoms with van der Waals surface area (Å²) >= 11 is 0. The van der Waals surface area contributed by atoms with E-state index in [4.69, 9.17) is 14.2 Å². The molecule has 0 aliphatic heterocycles. The smallest absolute Gasteiger partial charge is 0.360 e. The van der Waals surface area contributed by atoms with E-state index in [1.165, 1.54) is 18.7 Å². The SMILES string of the molecule is COC(=O)Cc1c(C(=O)OC)nnc2c(-c3ccccc3OC)c(C)nn12. The Morgan fingerprint density at radius 3 is 2.48 bits per heavy atom. The van der Waals surface area contributed by atoms with Gasteiger partial charge in [0.1, 0.15) is 5.75 Å². The van der Waals surface area contributed by atoms with Crippen molar-refractivity contribution in [1.82, 2.24) is 19.8 Å². The molecule has 0 spiro atoms. The van der Waals surface area contributed by atoms with Crippen LogP contribution in [0.2, 0.25) is 0 Å². The van der Waals surface area contributed by atoms with Gasteiger partial charge in [-0.3, -0.25) is 4.79 Å². The van der Waals surface area contributed by atoms with Crippen LogP contribution in [0.1, 0.15) is 21.9 Å². The number of aryl methyl sites for hydroxylation is 1. The third-order valence-corrected chi connectivity index (χ3v) is 4.10. The number of nitrogens with zero attached hydrogens (tertiary/aromatic N) is 4. The summed E-state index contributed by atoms with van der Waals surface area (Å²) in [6.45, 7) is 1.80. The van der Waals surface area contributed by atoms with Gasteiger partial charge in [0.05, 0.1) is 44.7 Å². The van der Waals surface area contributed by atoms with Crippen molar-refractivity contribution in [3.05, 3.63) is 41.3 Å². The molecular weight excluding hydrogens is 352 g/mol. The lowest BCUT2D eigenvalue weighted by Crippen LogP contribution is -2.18. The lowest BCUT2D eigenvalue weighted by molar-refractivity contribution is -0.139. The van der Waals surface area contributed by atoms with Gasteiger partial charge in [0, 0.05) is 5.56 Å². The quantitative estimate of drug-likeness (QED) is 0.624. The first-order valence-corrected chi connectivity index (χ1v) is 8.05. The van der Waals surface area contributed by atoms with Crippen LogP contribution in [-0.2, 0) is 20.7 Å². The maximum absolute atomic E-state index is 12.1. The first-order chi connectivity index (χ1) is 13.0. The maximum Gasteiger partial charge on any atom is 0.360 e. The zero-order chi connectivity index (χ0) is 19.6. The molecule has 1 aromatic carbocycles. The second kappa shape index (κ2) is 7.40. The van der Waals surface area contributed by atoms with Crippen LogP contribution in [0.5, 0.6) is 5.75 Å². The average molecular weight is 370 g/mol. The Labute approximate surface area is 154 Å². The van der Waals surface area contributed by atoms with E-state index in [0.29, 0.717) is 22.7 Å². The minimum absolute atomic E-state index is 0.0931. The molecule has 9 nitrogen and oxygen atoms in total. The van der Waals surface area contributed by atoms with Crippen LogP contribution in [0.4, 0.5) is 0 Å². The summed E-state index contributed by atoms with van der Waals surface area (Å²) < 4.78 is 16.3. The highest BCUT2D eigenvalue weighted by atomic mass is 16.5. The molecule has 27 heavy (non-hydrogen) atoms. The molecule has 0 aliphatic rings. The molecule has 2 aromatic heterocycles. The minimum atomic E-state index is -0.713. The summed E-state index contributed by atoms with van der Waals surface area (Å²) in [5.74, 6) is -0.611. The summed E-state index contributed by atoms with van der Waals surface area (Å²) in [4.78, 5) is 23.9. The Morgan fingerprint density at radius 1 is 1.07 bits per heavy atom. The van der Waals surface area contributed by atoms with Crippen molar-refractivity contribution in [3.8, 4) is 16.9 Å². The number of esters is 2. The second-order valence-electron chi connectivity index (χ2n) is 5.64. The Morgan fingerprint density at radius 2 is 1.81 bits per heavy atom. The van der Waals surface area contributed by atoms with Crippen LogP contribution < -0.4 is 4.74 Å². The number of fused-ring (bicyclic) bond motifs is 1. The number of hydrogen-bond donors (Lipinski definition) is 0. The lowest BCUT2D eigenvalue weighted by atomic mass is 10.1. The first kappa shape index (κ1) is 18.3. The fraction of sp³-hybridized carbons (Fsp3) is 0.278. The van der Waals surface area contributed by atoms with E-state index in [-0.39, 0.29) is 17.8 Å². The van der Waals surface area contributed by atoms with Gasteiger partial charge in [-0.25, -0.2) is 9.31 Å². The molecule has 0 fully saturated rings. The number of para-hydroxylation sites is 1. The largest absolute Gasteiger partial charge is 0.496 e. The summed E-state index contributed by atoms with van der Waals surface area (Å²) in [6.07, 6.45) is -0.209. The molecule has 0 unspecified atom stereocenters. The lowest BCUT2D eigenvalue weighted by Gasteiger charge is -2.09. The summed E-state index contributed by atoms with van der Waals surface area (Å²) in [5.41, 5.74) is 2.65. The van der Waals surface area contributed by atoms with Gasteiger partial charge in [-0.2, -0.15) is 5.10 Å². The zero-order valence-electron chi connectivity index (χ0n) is 15.3. The molecule has 0 atom stereocenters. The van der Waals surface area contributed by atoms with E-state index in [9.17, 15) is 9.59 Å². The number of benzene rings is 1. The molecule has 0 aliphatic carbocycles. The third kappa shape index (κ3) is 3.19. The Kier molecular flexibility index (Phi) is 5.02. The van der Waals surface area contributed by atoms with E-state index < -0.39 is 11.9 Å². The highest BCUT2D eigenvalue weighted by Crippen LogP contribution is 2.34. The standard InChI is InChI=1S/C18H18N4O5/c1-10-15(11-7-5-6-8-13(11)25-2)17-20-19-16(18(24)27-4)12(22(17)21-10)9-14(23)26-3/h5-8H,9H2,1-4H3. The minimum Gasteiger partial charge on any atom is -0.496 e. The van der Waals surface area contributed by atoms with Crippen molar-refractivity contribution in [3.63, 3.8) is 0 Å². The van der Waals surface area contributed by atoms with E-state index in [2.05, 4.69) is 15.3 Å². The maximum atomic E-state index is 12.1. The number of rotatable bonds is 5. The van der Waals surface area contributed by atoms with Crippen molar-refractivity contribution >= 4 is 17.6 Å². The predicted octanol–water partition coefficient (Wildman–Crippen LogP) is 1.61. The first-order valence-electron chi connectivity index (χ1n) is 8.05. The molecule has 0 N–H and O–H groups in total. The van der Waals surface area contributed by atoms with Crippen LogP contribution in [0, 0.1) is 6.92 Å². The molecule has 9 heteroatoms. The zero-order valence-corrected chi connectivity index (χ0v) is 15.3. The number of ether oxygens (including phenoxy) is 3. The van der Waals surface area contributed by atoms with Crippen molar-refractivity contribution < 1.29 is 23.8 Å². The van der Waals surface area contributed by atoms with Crippen LogP contribution in [0.3, 0.4) is 0 Å². The monoisotopic (exact) mass is 370 g/mol. The van der Waals surface area contributed by atoms with Gasteiger partial charge in [-0.15, -0.1) is 10.2 Å². The molecule has 3 rings (SSSR count). The van der Waals surface area contributed by atoms with Gasteiger partial charge in [-0.1, -0.05) is 18.2 Å². The number of methoxy groups -OCH3 is 3. The number of hydrogen-bond acceptors (Lipinski definition) is 8. The molecule has 0 bridgehead atoms. The van der Waals surface area contributed by atoms with E-state index in [0.717, 1.165) is 5.56 Å². The third-order valence-electron chi connectivity index (χ3n) is 4.10. The van der Waals surface area contributed by atoms with E-state index in [1.54, 1.807) is 14.0 Å². The Hall–Kier alpha value is -3.49. The van der Waals surface area contributed by atoms with Crippen LogP contribution in [0.15, 0.2) is 24.3 Å². The number of carbonyl (C=O) groups is 2. The fourth-order valence-electron chi connectivity index (χ4n) is 2.84. The molecule has 0 radical (unpaired) electrons. The molecular formula is C18H18N4O5. The Bertz CT molecular complexity index is 1030. The summed E-state index contributed by atoms with van der Waals surface area (Å²) in [7, 11) is 4.06. The van der Waals surface area contributed by atoms with Gasteiger partial charge in [-0.05, 0) is 13.0 Å². The van der Waals surface area contributed by atoms with Crippen molar-refractivity contribution in [2.45, 2.75) is 13.3 Å². The summed E-state index contributed by atoms with van der Waals surface area (Å²) in [6, 6.07) is 7.42. The van der Waals surface area contributed by atoms with Crippen LogP contribution in [-0.4, -0.2) is 53.1 Å². The van der Waals surface area contributed by atoms with Gasteiger partial charge in [0.2, 0.25) is 0 Å². The fourth-order valence-corrected chi connectivity index (χ4v) is 2.84. The van der Waals surface area contributed by atoms with E-state index in [1.807, 2.05) is 24.3 Å². The van der Waals surface area contributed by atoms with Crippen molar-refractivity contribution in [2.75, 3.05) is 21.3 Å². The topological polar surface area (TPSA) is 105 Å². The van der Waals surface area contributed by atoms with Gasteiger partial charge in [0.25, 0.3) is 0 Å². The molecule has 0 saturated heterocycles. The highest BCUT2D eigenvalue weighted by molar-refractivity contribution is 5.91. The van der Waals surface area contributed by atoms with Crippen molar-refractivity contribution in [1.29, 1.82) is 0 Å². The molecule has 0 amide bonds. The Balaban J connectivity index is 2.31. The molecule has 0 saturated carbocycles. The highest BCUT2D eigenvalue weighted by Gasteiger charge is 2.25. The molecule has 2 heterocycles. The molecule has 3 aromatic rings. The van der Waals surface area contributed by atoms with Crippen molar-refractivity contribution in [2.24, 2.45) is 0 Å². The predicted molar refractivity (Wildman–Crippen MR) is 94.6 cm³/mol. The molecule has 140 valence electrons. The van der Waals surface area contributed by atoms with Gasteiger partial charge in [0.15, 0.2) is 11.3 Å². The van der Waals surface area contributed by atoms with E-state index >= 15 is 0 Å². The normalized spacial score (nSPS) is 10.7. The average Bonchev–Trinajstić information content (AvgIpc) is 3.03. The van der Waals surface area contributed by atoms with Crippen LogP contribution >= 0.6 is 0 Å². The number of aromatic nitrogens is 4. The van der Waals surface area contributed by atoms with Gasteiger partial charge >= 0.3 is 11.9 Å². The summed E-state index contributed by atoms with van der Waals surface area (Å²) in [5, 5.41) is 12.6. The number of carbonyl (C=O) groups excluding carboxylic acids is 2. The second-order valence-corrected chi connectivity index (χ2v) is 5.64. The van der Waals surface area contributed by atoms with Gasteiger partial charge < -0.3 is 14.2 Å². The van der Waals surface area contributed by atoms with Crippen LogP contribution in [0.25, 0.3) is 16.8 Å².